The minimum atomic E-state index is -1.03. The number of aromatic amines is 1. The zero-order valence-electron chi connectivity index (χ0n) is 18.4. The lowest BCUT2D eigenvalue weighted by Crippen LogP contribution is -2.44. The lowest BCUT2D eigenvalue weighted by molar-refractivity contribution is -0.142. The van der Waals surface area contributed by atoms with E-state index in [2.05, 4.69) is 34.5 Å². The maximum Gasteiger partial charge on any atom is 0.357 e. The quantitative estimate of drug-likeness (QED) is 0.627. The van der Waals surface area contributed by atoms with Gasteiger partial charge < -0.3 is 14.7 Å². The largest absolute Gasteiger partial charge is 0.476 e. The number of H-pyrrole nitrogens is 1. The molecule has 3 aliphatic rings. The number of aromatic nitrogens is 2. The van der Waals surface area contributed by atoms with E-state index in [1.54, 1.807) is 0 Å². The van der Waals surface area contributed by atoms with Crippen LogP contribution < -0.4 is 0 Å². The molecule has 3 aromatic rings. The summed E-state index contributed by atoms with van der Waals surface area (Å²) in [6.45, 7) is 2.40. The van der Waals surface area contributed by atoms with Crippen LogP contribution in [0.5, 0.6) is 0 Å². The van der Waals surface area contributed by atoms with Gasteiger partial charge >= 0.3 is 5.97 Å². The van der Waals surface area contributed by atoms with Gasteiger partial charge in [0.25, 0.3) is 5.91 Å². The maximum absolute atomic E-state index is 12.6. The average molecular weight is 446 g/mol. The predicted molar refractivity (Wildman–Crippen MR) is 123 cm³/mol. The molecule has 3 heterocycles. The van der Waals surface area contributed by atoms with Gasteiger partial charge in [-0.15, -0.1) is 0 Å². The van der Waals surface area contributed by atoms with E-state index in [0.717, 1.165) is 55.4 Å². The van der Waals surface area contributed by atoms with Crippen LogP contribution in [-0.4, -0.2) is 57.9 Å². The van der Waals surface area contributed by atoms with Crippen molar-refractivity contribution in [2.75, 3.05) is 19.7 Å². The number of ether oxygens (including phenoxy) is 1. The third-order valence-corrected chi connectivity index (χ3v) is 7.88. The van der Waals surface area contributed by atoms with Crippen molar-refractivity contribution in [2.24, 2.45) is 5.41 Å². The predicted octanol–water partition coefficient (Wildman–Crippen LogP) is 4.20. The van der Waals surface area contributed by atoms with E-state index in [0.29, 0.717) is 23.3 Å². The summed E-state index contributed by atoms with van der Waals surface area (Å²) in [5.41, 5.74) is 4.61. The van der Waals surface area contributed by atoms with Crippen LogP contribution in [-0.2, 0) is 9.53 Å². The number of rotatable bonds is 4. The van der Waals surface area contributed by atoms with Gasteiger partial charge in [0, 0.05) is 25.1 Å². The van der Waals surface area contributed by atoms with Gasteiger partial charge in [-0.2, -0.15) is 5.10 Å². The number of nitrogens with zero attached hydrogens (tertiary/aromatic N) is 2. The van der Waals surface area contributed by atoms with Gasteiger partial charge in [0.05, 0.1) is 5.52 Å². The molecule has 0 radical (unpaired) electrons. The van der Waals surface area contributed by atoms with Gasteiger partial charge in [0.1, 0.15) is 6.10 Å². The van der Waals surface area contributed by atoms with Gasteiger partial charge in [-0.05, 0) is 72.3 Å². The minimum Gasteiger partial charge on any atom is -0.476 e. The van der Waals surface area contributed by atoms with Crippen molar-refractivity contribution < 1.29 is 19.4 Å². The van der Waals surface area contributed by atoms with Gasteiger partial charge in [0.2, 0.25) is 0 Å². The first-order chi connectivity index (χ1) is 16.0. The highest BCUT2D eigenvalue weighted by atomic mass is 16.5. The number of fused-ring (bicyclic) bond motifs is 1. The normalized spacial score (nSPS) is 23.8. The molecule has 0 unspecified atom stereocenters. The molecule has 0 bridgehead atoms. The van der Waals surface area contributed by atoms with Crippen LogP contribution in [0.3, 0.4) is 0 Å². The Morgan fingerprint density at radius 3 is 2.55 bits per heavy atom. The Morgan fingerprint density at radius 1 is 1.09 bits per heavy atom. The number of carbonyl (C=O) groups excluding carboxylic acids is 1. The highest BCUT2D eigenvalue weighted by molar-refractivity contribution is 6.01. The van der Waals surface area contributed by atoms with E-state index in [1.165, 1.54) is 12.0 Å². The molecule has 2 aliphatic heterocycles. The van der Waals surface area contributed by atoms with Crippen molar-refractivity contribution >= 4 is 22.8 Å². The Bertz CT molecular complexity index is 1220. The smallest absolute Gasteiger partial charge is 0.357 e. The van der Waals surface area contributed by atoms with Crippen molar-refractivity contribution in [3.63, 3.8) is 0 Å². The number of hydrogen-bond donors (Lipinski definition) is 2. The zero-order valence-corrected chi connectivity index (χ0v) is 18.4. The molecular formula is C26H27N3O4. The molecule has 1 aromatic heterocycles. The number of likely N-dealkylation sites (tertiary alicyclic amines) is 1. The van der Waals surface area contributed by atoms with Crippen molar-refractivity contribution in [1.82, 2.24) is 15.1 Å². The Labute approximate surface area is 191 Å². The number of hydrogen-bond acceptors (Lipinski definition) is 4. The Hall–Kier alpha value is -3.19. The topological polar surface area (TPSA) is 95.5 Å². The molecule has 170 valence electrons. The summed E-state index contributed by atoms with van der Waals surface area (Å²) < 4.78 is 5.59. The standard InChI is InChI=1S/C26H27N3O4/c30-24(22-2-1-13-33-22)29-11-9-26(10-12-29)15-20(26)17-5-3-16(4-6-17)18-7-8-19-21(14-18)27-28-23(19)25(31)32/h3-8,14,20,22H,1-2,9-13,15H2,(H,27,28)(H,31,32)/t20-,22-/m1/s1. The van der Waals surface area contributed by atoms with Crippen LogP contribution >= 0.6 is 0 Å². The maximum atomic E-state index is 12.6. The van der Waals surface area contributed by atoms with Crippen LogP contribution in [0, 0.1) is 5.41 Å². The number of piperidine rings is 1. The van der Waals surface area contributed by atoms with Crippen molar-refractivity contribution in [3.05, 3.63) is 53.7 Å². The number of amides is 1. The van der Waals surface area contributed by atoms with Gasteiger partial charge in [-0.1, -0.05) is 30.3 Å². The SMILES string of the molecule is O=C(O)c1n[nH]c2cc(-c3ccc([C@H]4CC45CCN(C(=O)[C@H]4CCCO4)CC5)cc3)ccc12. The number of carbonyl (C=O) groups is 2. The molecule has 7 heteroatoms. The summed E-state index contributed by atoms with van der Waals surface area (Å²) in [5, 5.41) is 16.6. The van der Waals surface area contributed by atoms with E-state index in [4.69, 9.17) is 4.74 Å². The molecule has 3 fully saturated rings. The fraction of sp³-hybridized carbons (Fsp3) is 0.423. The first kappa shape index (κ1) is 20.4. The van der Waals surface area contributed by atoms with Gasteiger partial charge in [-0.3, -0.25) is 9.89 Å². The zero-order chi connectivity index (χ0) is 22.6. The van der Waals surface area contributed by atoms with E-state index in [9.17, 15) is 14.7 Å². The second-order valence-corrected chi connectivity index (χ2v) is 9.71. The molecular weight excluding hydrogens is 418 g/mol. The molecule has 1 saturated carbocycles. The van der Waals surface area contributed by atoms with E-state index in [1.807, 2.05) is 23.1 Å². The monoisotopic (exact) mass is 445 g/mol. The summed E-state index contributed by atoms with van der Waals surface area (Å²) in [4.78, 5) is 25.9. The first-order valence-corrected chi connectivity index (χ1v) is 11.8. The van der Waals surface area contributed by atoms with Crippen molar-refractivity contribution in [3.8, 4) is 11.1 Å². The van der Waals surface area contributed by atoms with Gasteiger partial charge in [-0.25, -0.2) is 4.79 Å². The van der Waals surface area contributed by atoms with E-state index in [-0.39, 0.29) is 17.7 Å². The molecule has 2 atom stereocenters. The molecule has 6 rings (SSSR count). The number of carboxylic acid groups (broad SMARTS) is 1. The van der Waals surface area contributed by atoms with E-state index < -0.39 is 5.97 Å². The van der Waals surface area contributed by atoms with Crippen LogP contribution in [0.25, 0.3) is 22.0 Å². The summed E-state index contributed by atoms with van der Waals surface area (Å²) in [6.07, 6.45) is 4.99. The van der Waals surface area contributed by atoms with Crippen LogP contribution in [0.1, 0.15) is 54.1 Å². The fourth-order valence-electron chi connectivity index (χ4n) is 5.79. The molecule has 1 spiro atoms. The lowest BCUT2D eigenvalue weighted by atomic mass is 9.88. The lowest BCUT2D eigenvalue weighted by Gasteiger charge is -2.34. The highest BCUT2D eigenvalue weighted by Gasteiger charge is 2.55. The highest BCUT2D eigenvalue weighted by Crippen LogP contribution is 2.65. The summed E-state index contributed by atoms with van der Waals surface area (Å²) in [5.74, 6) is -0.271. The second-order valence-electron chi connectivity index (χ2n) is 9.71. The van der Waals surface area contributed by atoms with E-state index >= 15 is 0 Å². The molecule has 1 aliphatic carbocycles. The Kier molecular flexibility index (Phi) is 4.76. The minimum absolute atomic E-state index is 0.0504. The molecule has 2 aromatic carbocycles. The summed E-state index contributed by atoms with van der Waals surface area (Å²) in [6, 6.07) is 14.4. The van der Waals surface area contributed by atoms with Gasteiger partial charge in [0.15, 0.2) is 5.69 Å². The third kappa shape index (κ3) is 3.51. The van der Waals surface area contributed by atoms with Crippen molar-refractivity contribution in [2.45, 2.75) is 44.1 Å². The van der Waals surface area contributed by atoms with Crippen LogP contribution in [0.2, 0.25) is 0 Å². The number of nitrogens with one attached hydrogen (secondary N) is 1. The summed E-state index contributed by atoms with van der Waals surface area (Å²) >= 11 is 0. The molecule has 1 amide bonds. The number of carboxylic acids is 1. The fourth-order valence-corrected chi connectivity index (χ4v) is 5.79. The molecule has 2 saturated heterocycles. The second kappa shape index (κ2) is 7.70. The summed E-state index contributed by atoms with van der Waals surface area (Å²) in [7, 11) is 0. The number of aromatic carboxylic acids is 1. The molecule has 2 N–H and O–H groups in total. The first-order valence-electron chi connectivity index (χ1n) is 11.8. The number of benzene rings is 2. The average Bonchev–Trinajstić information content (AvgIpc) is 3.21. The van der Waals surface area contributed by atoms with Crippen molar-refractivity contribution in [1.29, 1.82) is 0 Å². The Balaban J connectivity index is 1.12. The van der Waals surface area contributed by atoms with Crippen LogP contribution in [0.15, 0.2) is 42.5 Å². The Morgan fingerprint density at radius 2 is 1.85 bits per heavy atom. The third-order valence-electron chi connectivity index (χ3n) is 7.88. The molecule has 7 nitrogen and oxygen atoms in total. The van der Waals surface area contributed by atoms with Crippen LogP contribution in [0.4, 0.5) is 0 Å². The molecule has 33 heavy (non-hydrogen) atoms.